The minimum Gasteiger partial charge on any atom is -0.497 e. The number of aryl methyl sites for hydroxylation is 1. The van der Waals surface area contributed by atoms with E-state index in [2.05, 4.69) is 15.7 Å². The molecule has 2 saturated heterocycles. The van der Waals surface area contributed by atoms with Crippen molar-refractivity contribution in [3.8, 4) is 17.6 Å². The fourth-order valence-electron chi connectivity index (χ4n) is 8.14. The molecule has 3 heterocycles. The van der Waals surface area contributed by atoms with Gasteiger partial charge in [0.1, 0.15) is 34.8 Å². The molecule has 0 spiro atoms. The van der Waals surface area contributed by atoms with Crippen LogP contribution in [0.3, 0.4) is 0 Å². The van der Waals surface area contributed by atoms with E-state index in [0.29, 0.717) is 11.5 Å². The first kappa shape index (κ1) is 45.5. The number of nitrogens with one attached hydrogen (secondary N) is 1. The van der Waals surface area contributed by atoms with E-state index in [1.807, 2.05) is 107 Å². The van der Waals surface area contributed by atoms with Crippen molar-refractivity contribution in [3.63, 3.8) is 0 Å². The zero-order valence-corrected chi connectivity index (χ0v) is 37.1. The summed E-state index contributed by atoms with van der Waals surface area (Å²) in [6.45, 7) is 13.1. The lowest BCUT2D eigenvalue weighted by Gasteiger charge is -2.42. The number of H-pyrrole nitrogens is 1. The van der Waals surface area contributed by atoms with E-state index in [1.54, 1.807) is 35.0 Å². The number of hydrogen-bond donors (Lipinski definition) is 1. The minimum absolute atomic E-state index is 0.0533. The number of likely N-dealkylation sites (tertiary alicyclic amines) is 1. The Kier molecular flexibility index (Phi) is 14.4. The van der Waals surface area contributed by atoms with E-state index < -0.39 is 61.5 Å². The van der Waals surface area contributed by atoms with Crippen LogP contribution in [-0.2, 0) is 28.9 Å². The second-order valence-electron chi connectivity index (χ2n) is 16.0. The molecule has 4 aromatic rings. The van der Waals surface area contributed by atoms with Crippen LogP contribution in [0.4, 0.5) is 4.79 Å². The number of hydrogen-bond acceptors (Lipinski definition) is 12. The quantitative estimate of drug-likeness (QED) is 0.0618. The normalized spacial score (nSPS) is 20.4. The number of benzene rings is 3. The van der Waals surface area contributed by atoms with Gasteiger partial charge in [0.15, 0.2) is 6.23 Å². The summed E-state index contributed by atoms with van der Waals surface area (Å²) in [7, 11) is 1.29. The number of rotatable bonds is 18. The average molecular weight is 858 g/mol. The van der Waals surface area contributed by atoms with Crippen LogP contribution in [0.2, 0.25) is 0 Å². The van der Waals surface area contributed by atoms with Gasteiger partial charge in [-0.05, 0) is 89.4 Å². The Morgan fingerprint density at radius 3 is 2.03 bits per heavy atom. The van der Waals surface area contributed by atoms with Crippen LogP contribution in [0.5, 0.6) is 11.5 Å². The van der Waals surface area contributed by atoms with Gasteiger partial charge in [-0.2, -0.15) is 5.26 Å². The number of carbonyl (C=O) groups excluding carboxylic acids is 1. The maximum Gasteiger partial charge on any atom is 0.410 e. The van der Waals surface area contributed by atoms with E-state index in [0.717, 1.165) is 16.7 Å². The van der Waals surface area contributed by atoms with Crippen LogP contribution < -0.4 is 20.7 Å². The van der Waals surface area contributed by atoms with Crippen LogP contribution in [0, 0.1) is 18.3 Å². The van der Waals surface area contributed by atoms with Crippen molar-refractivity contribution >= 4 is 14.6 Å². The molecule has 5 atom stereocenters. The fraction of sp³-hybridized carbons (Fsp3) is 0.467. The van der Waals surface area contributed by atoms with Gasteiger partial charge in [-0.3, -0.25) is 19.2 Å². The Hall–Kier alpha value is -5.07. The van der Waals surface area contributed by atoms with E-state index in [1.165, 1.54) is 15.7 Å². The number of amides is 1. The molecule has 6 rings (SSSR count). The molecule has 1 N–H and O–H groups in total. The molecule has 0 radical (unpaired) electrons. The van der Waals surface area contributed by atoms with Gasteiger partial charge in [0.25, 0.3) is 14.1 Å². The SMILES string of the molecule is COc1ccc(C(OC[C@@]23CN(C(=O)OC(C)C)[C@@H]([C@H](n4cc(C)c(=O)[nH]c4=O)O2)[C@@H]3OP(OCCC#N)N(C(C)C)C(C)C)(c2ccccc2)c2ccc(OC)cc2)cc1. The Bertz CT molecular complexity index is 2210. The monoisotopic (exact) mass is 857 g/mol. The van der Waals surface area contributed by atoms with Crippen molar-refractivity contribution in [2.45, 2.75) is 103 Å². The predicted molar refractivity (Wildman–Crippen MR) is 229 cm³/mol. The summed E-state index contributed by atoms with van der Waals surface area (Å²) in [5.41, 5.74) is -1.47. The number of fused-ring (bicyclic) bond motifs is 2. The standard InChI is InChI=1S/C45H56N5O10P/c1-29(2)50(30(3)4)61(57-25-13-24-46)60-39-38-41(48-26-32(7)40(51)47-42(48)52)59-44(39,27-49(38)43(53)58-31(5)6)28-56-45(33-14-11-10-12-15-33,34-16-20-36(54-8)21-17-34)35-18-22-37(55-9)23-19-35/h10-12,14-23,26,29-31,38-39,41H,13,25,27-28H2,1-9H3,(H,47,51,52)/t38-,39+,41-,44-,61?/m1/s1. The molecular formula is C45H56N5O10P. The van der Waals surface area contributed by atoms with Crippen LogP contribution in [-0.4, -0.2) is 95.1 Å². The highest BCUT2D eigenvalue weighted by atomic mass is 31.2. The molecule has 2 aliphatic rings. The highest BCUT2D eigenvalue weighted by Gasteiger charge is 2.68. The second-order valence-corrected chi connectivity index (χ2v) is 17.4. The second kappa shape index (κ2) is 19.3. The van der Waals surface area contributed by atoms with Gasteiger partial charge in [0.2, 0.25) is 0 Å². The maximum absolute atomic E-state index is 14.3. The molecule has 15 nitrogen and oxygen atoms in total. The summed E-state index contributed by atoms with van der Waals surface area (Å²) in [6, 6.07) is 26.1. The Labute approximate surface area is 358 Å². The Balaban J connectivity index is 1.58. The molecule has 0 saturated carbocycles. The highest BCUT2D eigenvalue weighted by Crippen LogP contribution is 2.57. The Morgan fingerprint density at radius 2 is 1.51 bits per heavy atom. The topological polar surface area (TPSA) is 167 Å². The molecule has 1 aromatic heterocycles. The van der Waals surface area contributed by atoms with Crippen molar-refractivity contribution in [1.29, 1.82) is 5.26 Å². The number of nitriles is 1. The van der Waals surface area contributed by atoms with Crippen molar-refractivity contribution in [1.82, 2.24) is 19.1 Å². The number of morpholine rings is 1. The molecular weight excluding hydrogens is 801 g/mol. The maximum atomic E-state index is 14.3. The zero-order valence-electron chi connectivity index (χ0n) is 36.2. The van der Waals surface area contributed by atoms with Gasteiger partial charge in [-0.1, -0.05) is 54.6 Å². The summed E-state index contributed by atoms with van der Waals surface area (Å²) in [5, 5.41) is 9.50. The molecule has 16 heteroatoms. The summed E-state index contributed by atoms with van der Waals surface area (Å²) < 4.78 is 48.5. The summed E-state index contributed by atoms with van der Waals surface area (Å²) in [5.74, 6) is 1.30. The van der Waals surface area contributed by atoms with Crippen LogP contribution in [0.1, 0.15) is 76.4 Å². The number of nitrogens with zero attached hydrogens (tertiary/aromatic N) is 4. The van der Waals surface area contributed by atoms with Gasteiger partial charge in [-0.25, -0.2) is 14.3 Å². The van der Waals surface area contributed by atoms with Crippen molar-refractivity contribution in [3.05, 3.63) is 128 Å². The van der Waals surface area contributed by atoms with Crippen LogP contribution in [0.15, 0.2) is 94.6 Å². The number of aromatic nitrogens is 2. The predicted octanol–water partition coefficient (Wildman–Crippen LogP) is 7.03. The largest absolute Gasteiger partial charge is 0.497 e. The third-order valence-corrected chi connectivity index (χ3v) is 12.9. The highest BCUT2D eigenvalue weighted by molar-refractivity contribution is 7.44. The fourth-order valence-corrected chi connectivity index (χ4v) is 9.96. The lowest BCUT2D eigenvalue weighted by atomic mass is 9.79. The van der Waals surface area contributed by atoms with Crippen LogP contribution in [0.25, 0.3) is 0 Å². The summed E-state index contributed by atoms with van der Waals surface area (Å²) in [4.78, 5) is 44.6. The van der Waals surface area contributed by atoms with Gasteiger partial charge in [0, 0.05) is 23.8 Å². The van der Waals surface area contributed by atoms with E-state index in [-0.39, 0.29) is 43.8 Å². The molecule has 2 fully saturated rings. The zero-order chi connectivity index (χ0) is 44.1. The first-order chi connectivity index (χ1) is 29.2. The van der Waals surface area contributed by atoms with Crippen LogP contribution >= 0.6 is 8.53 Å². The Morgan fingerprint density at radius 1 is 0.934 bits per heavy atom. The molecule has 326 valence electrons. The third-order valence-electron chi connectivity index (χ3n) is 10.8. The smallest absolute Gasteiger partial charge is 0.410 e. The van der Waals surface area contributed by atoms with Gasteiger partial charge >= 0.3 is 11.8 Å². The third kappa shape index (κ3) is 9.26. The molecule has 0 aliphatic carbocycles. The lowest BCUT2D eigenvalue weighted by molar-refractivity contribution is -0.174. The molecule has 2 bridgehead atoms. The molecule has 61 heavy (non-hydrogen) atoms. The first-order valence-electron chi connectivity index (χ1n) is 20.4. The van der Waals surface area contributed by atoms with E-state index in [9.17, 15) is 19.6 Å². The lowest BCUT2D eigenvalue weighted by Crippen LogP contribution is -2.53. The van der Waals surface area contributed by atoms with E-state index in [4.69, 9.17) is 32.7 Å². The van der Waals surface area contributed by atoms with Crippen molar-refractivity contribution in [2.24, 2.45) is 0 Å². The van der Waals surface area contributed by atoms with E-state index >= 15 is 0 Å². The minimum atomic E-state index is -1.92. The molecule has 2 aliphatic heterocycles. The number of methoxy groups -OCH3 is 2. The summed E-state index contributed by atoms with van der Waals surface area (Å²) >= 11 is 0. The number of ether oxygens (including phenoxy) is 5. The van der Waals surface area contributed by atoms with Gasteiger partial charge < -0.3 is 32.7 Å². The number of carbonyl (C=O) groups is 1. The molecule has 1 unspecified atom stereocenters. The van der Waals surface area contributed by atoms with Gasteiger partial charge in [0.05, 0.1) is 52.6 Å². The van der Waals surface area contributed by atoms with Crippen molar-refractivity contribution in [2.75, 3.05) is 34.0 Å². The molecule has 3 aromatic carbocycles. The van der Waals surface area contributed by atoms with Crippen molar-refractivity contribution < 1.29 is 37.5 Å². The summed E-state index contributed by atoms with van der Waals surface area (Å²) in [6.07, 6.45) is -1.73. The average Bonchev–Trinajstić information content (AvgIpc) is 3.71. The molecule has 1 amide bonds. The number of aromatic amines is 1. The first-order valence-corrected chi connectivity index (χ1v) is 21.5. The van der Waals surface area contributed by atoms with Gasteiger partial charge in [-0.15, -0.1) is 0 Å².